The number of carboxylic acid groups (broad SMARTS) is 1. The van der Waals surface area contributed by atoms with E-state index in [2.05, 4.69) is 26.1 Å². The molecule has 21 heavy (non-hydrogen) atoms. The summed E-state index contributed by atoms with van der Waals surface area (Å²) in [6, 6.07) is 7.71. The zero-order valence-corrected chi connectivity index (χ0v) is 12.8. The SMILES string of the molecule is CC(C)(C)c1ccccc1NC(=O)[C@@H]1CCC[C@@H]1C(=O)O. The number of carbonyl (C=O) groups excluding carboxylic acids is 1. The van der Waals surface area contributed by atoms with Crippen molar-refractivity contribution >= 4 is 17.6 Å². The van der Waals surface area contributed by atoms with Gasteiger partial charge in [-0.2, -0.15) is 0 Å². The molecule has 0 spiro atoms. The first-order chi connectivity index (χ1) is 9.80. The first-order valence-corrected chi connectivity index (χ1v) is 7.44. The average Bonchev–Trinajstić information content (AvgIpc) is 2.87. The Morgan fingerprint density at radius 2 is 1.76 bits per heavy atom. The van der Waals surface area contributed by atoms with Gasteiger partial charge in [0.2, 0.25) is 5.91 Å². The van der Waals surface area contributed by atoms with Crippen LogP contribution in [0.5, 0.6) is 0 Å². The number of aliphatic carboxylic acids is 1. The first kappa shape index (κ1) is 15.5. The van der Waals surface area contributed by atoms with Gasteiger partial charge in [-0.1, -0.05) is 45.4 Å². The van der Waals surface area contributed by atoms with Gasteiger partial charge in [-0.25, -0.2) is 0 Å². The summed E-state index contributed by atoms with van der Waals surface area (Å²) in [6.07, 6.45) is 2.05. The van der Waals surface area contributed by atoms with E-state index in [1.807, 2.05) is 24.3 Å². The Morgan fingerprint density at radius 1 is 1.14 bits per heavy atom. The summed E-state index contributed by atoms with van der Waals surface area (Å²) >= 11 is 0. The topological polar surface area (TPSA) is 66.4 Å². The second-order valence-electron chi connectivity index (χ2n) is 6.77. The van der Waals surface area contributed by atoms with Gasteiger partial charge in [-0.15, -0.1) is 0 Å². The molecule has 1 aromatic rings. The van der Waals surface area contributed by atoms with Crippen molar-refractivity contribution in [2.75, 3.05) is 5.32 Å². The molecule has 4 heteroatoms. The minimum atomic E-state index is -0.864. The van der Waals surface area contributed by atoms with Crippen molar-refractivity contribution in [2.24, 2.45) is 11.8 Å². The number of carbonyl (C=O) groups is 2. The van der Waals surface area contributed by atoms with Crippen LogP contribution in [0.3, 0.4) is 0 Å². The molecule has 0 unspecified atom stereocenters. The van der Waals surface area contributed by atoms with Gasteiger partial charge in [0.25, 0.3) is 0 Å². The summed E-state index contributed by atoms with van der Waals surface area (Å²) in [5, 5.41) is 12.1. The molecule has 2 rings (SSSR count). The third kappa shape index (κ3) is 3.43. The van der Waals surface area contributed by atoms with Crippen LogP contribution in [0.25, 0.3) is 0 Å². The van der Waals surface area contributed by atoms with Gasteiger partial charge >= 0.3 is 5.97 Å². The van der Waals surface area contributed by atoms with Crippen LogP contribution in [-0.2, 0) is 15.0 Å². The number of amides is 1. The normalized spacial score (nSPS) is 22.0. The molecule has 1 saturated carbocycles. The number of anilines is 1. The monoisotopic (exact) mass is 289 g/mol. The highest BCUT2D eigenvalue weighted by Crippen LogP contribution is 2.34. The molecule has 0 aromatic heterocycles. The van der Waals surface area contributed by atoms with Crippen molar-refractivity contribution in [3.8, 4) is 0 Å². The van der Waals surface area contributed by atoms with Crippen LogP contribution in [-0.4, -0.2) is 17.0 Å². The van der Waals surface area contributed by atoms with Crippen LogP contribution < -0.4 is 5.32 Å². The summed E-state index contributed by atoms with van der Waals surface area (Å²) < 4.78 is 0. The fraction of sp³-hybridized carbons (Fsp3) is 0.529. The van der Waals surface area contributed by atoms with Gasteiger partial charge in [-0.05, 0) is 29.9 Å². The molecule has 0 saturated heterocycles. The van der Waals surface area contributed by atoms with Crippen molar-refractivity contribution in [3.05, 3.63) is 29.8 Å². The molecule has 1 amide bonds. The highest BCUT2D eigenvalue weighted by Gasteiger charge is 2.38. The smallest absolute Gasteiger partial charge is 0.307 e. The number of nitrogens with one attached hydrogen (secondary N) is 1. The maximum atomic E-state index is 12.4. The predicted octanol–water partition coefficient (Wildman–Crippen LogP) is 3.42. The Balaban J connectivity index is 2.19. The number of para-hydroxylation sites is 1. The van der Waals surface area contributed by atoms with Gasteiger partial charge < -0.3 is 10.4 Å². The minimum absolute atomic E-state index is 0.0776. The van der Waals surface area contributed by atoms with Gasteiger partial charge in [0.1, 0.15) is 0 Å². The van der Waals surface area contributed by atoms with Crippen LogP contribution >= 0.6 is 0 Å². The number of benzene rings is 1. The highest BCUT2D eigenvalue weighted by atomic mass is 16.4. The Morgan fingerprint density at radius 3 is 2.38 bits per heavy atom. The van der Waals surface area contributed by atoms with E-state index in [4.69, 9.17) is 0 Å². The summed E-state index contributed by atoms with van der Waals surface area (Å²) in [7, 11) is 0. The van der Waals surface area contributed by atoms with Crippen molar-refractivity contribution < 1.29 is 14.7 Å². The Bertz CT molecular complexity index is 545. The van der Waals surface area contributed by atoms with E-state index in [1.165, 1.54) is 0 Å². The van der Waals surface area contributed by atoms with Crippen LogP contribution in [0.1, 0.15) is 45.6 Å². The summed E-state index contributed by atoms with van der Waals surface area (Å²) in [6.45, 7) is 6.27. The van der Waals surface area contributed by atoms with Gasteiger partial charge in [0.05, 0.1) is 11.8 Å². The molecule has 1 aliphatic rings. The summed E-state index contributed by atoms with van der Waals surface area (Å²) in [5.74, 6) is -2.00. The van der Waals surface area contributed by atoms with Crippen molar-refractivity contribution in [1.82, 2.24) is 0 Å². The van der Waals surface area contributed by atoms with Crippen LogP contribution in [0.4, 0.5) is 5.69 Å². The first-order valence-electron chi connectivity index (χ1n) is 7.44. The molecule has 0 bridgehead atoms. The molecule has 1 fully saturated rings. The summed E-state index contributed by atoms with van der Waals surface area (Å²) in [4.78, 5) is 23.6. The molecule has 4 nitrogen and oxygen atoms in total. The zero-order chi connectivity index (χ0) is 15.6. The van der Waals surface area contributed by atoms with E-state index in [-0.39, 0.29) is 11.3 Å². The average molecular weight is 289 g/mol. The zero-order valence-electron chi connectivity index (χ0n) is 12.8. The number of hydrogen-bond donors (Lipinski definition) is 2. The van der Waals surface area contributed by atoms with E-state index in [9.17, 15) is 14.7 Å². The molecule has 1 aliphatic carbocycles. The lowest BCUT2D eigenvalue weighted by molar-refractivity contribution is -0.145. The molecule has 0 aliphatic heterocycles. The molecule has 0 radical (unpaired) electrons. The lowest BCUT2D eigenvalue weighted by Gasteiger charge is -2.24. The molecule has 114 valence electrons. The molecule has 0 heterocycles. The lowest BCUT2D eigenvalue weighted by atomic mass is 9.85. The number of carboxylic acids is 1. The van der Waals surface area contributed by atoms with Crippen LogP contribution in [0, 0.1) is 11.8 Å². The van der Waals surface area contributed by atoms with Crippen LogP contribution in [0.15, 0.2) is 24.3 Å². The largest absolute Gasteiger partial charge is 0.481 e. The van der Waals surface area contributed by atoms with Gasteiger partial charge in [0.15, 0.2) is 0 Å². The Kier molecular flexibility index (Phi) is 4.35. The van der Waals surface area contributed by atoms with Crippen LogP contribution in [0.2, 0.25) is 0 Å². The fourth-order valence-corrected chi connectivity index (χ4v) is 3.04. The van der Waals surface area contributed by atoms with E-state index in [0.717, 1.165) is 17.7 Å². The third-order valence-electron chi connectivity index (χ3n) is 4.16. The van der Waals surface area contributed by atoms with Crippen molar-refractivity contribution in [3.63, 3.8) is 0 Å². The van der Waals surface area contributed by atoms with E-state index in [1.54, 1.807) is 0 Å². The van der Waals surface area contributed by atoms with E-state index in [0.29, 0.717) is 12.8 Å². The maximum Gasteiger partial charge on any atom is 0.307 e. The standard InChI is InChI=1S/C17H23NO3/c1-17(2,3)13-9-4-5-10-14(13)18-15(19)11-7-6-8-12(11)16(20)21/h4-5,9-12H,6-8H2,1-3H3,(H,18,19)(H,20,21)/t11-,12+/m1/s1. The molecule has 2 atom stereocenters. The molecule has 1 aromatic carbocycles. The van der Waals surface area contributed by atoms with E-state index >= 15 is 0 Å². The lowest BCUT2D eigenvalue weighted by Crippen LogP contribution is -2.30. The Labute approximate surface area is 125 Å². The second kappa shape index (κ2) is 5.88. The van der Waals surface area contributed by atoms with Gasteiger partial charge in [0, 0.05) is 5.69 Å². The molecule has 2 N–H and O–H groups in total. The highest BCUT2D eigenvalue weighted by molar-refractivity contribution is 5.96. The second-order valence-corrected chi connectivity index (χ2v) is 6.77. The maximum absolute atomic E-state index is 12.4. The quantitative estimate of drug-likeness (QED) is 0.896. The fourth-order valence-electron chi connectivity index (χ4n) is 3.04. The van der Waals surface area contributed by atoms with Crippen molar-refractivity contribution in [2.45, 2.75) is 45.4 Å². The summed E-state index contributed by atoms with van der Waals surface area (Å²) in [5.41, 5.74) is 1.76. The van der Waals surface area contributed by atoms with Gasteiger partial charge in [-0.3, -0.25) is 9.59 Å². The number of rotatable bonds is 3. The third-order valence-corrected chi connectivity index (χ3v) is 4.16. The Hall–Kier alpha value is -1.84. The van der Waals surface area contributed by atoms with Crippen molar-refractivity contribution in [1.29, 1.82) is 0 Å². The van der Waals surface area contributed by atoms with E-state index < -0.39 is 17.8 Å². The molecular formula is C17H23NO3. The predicted molar refractivity (Wildman–Crippen MR) is 82.2 cm³/mol. The molecular weight excluding hydrogens is 266 g/mol. The minimum Gasteiger partial charge on any atom is -0.481 e. The number of hydrogen-bond acceptors (Lipinski definition) is 2.